The predicted octanol–water partition coefficient (Wildman–Crippen LogP) is 2.20. The lowest BCUT2D eigenvalue weighted by Gasteiger charge is -1.98. The Morgan fingerprint density at radius 3 is 2.94 bits per heavy atom. The lowest BCUT2D eigenvalue weighted by atomic mass is 10.1. The zero-order chi connectivity index (χ0) is 12.5. The third kappa shape index (κ3) is 1.77. The summed E-state index contributed by atoms with van der Waals surface area (Å²) in [4.78, 5) is 16.1. The van der Waals surface area contributed by atoms with Crippen LogP contribution >= 0.6 is 11.3 Å². The molecule has 0 amide bonds. The fourth-order valence-electron chi connectivity index (χ4n) is 1.70. The van der Waals surface area contributed by atoms with Crippen LogP contribution in [0.4, 0.5) is 5.13 Å². The zero-order valence-electron chi connectivity index (χ0n) is 9.21. The van der Waals surface area contributed by atoms with Crippen molar-refractivity contribution < 1.29 is 4.42 Å². The number of hydrogen-bond donors (Lipinski definition) is 2. The Balaban J connectivity index is 2.22. The van der Waals surface area contributed by atoms with Gasteiger partial charge in [0.25, 0.3) is 0 Å². The lowest BCUT2D eigenvalue weighted by Crippen LogP contribution is -2.06. The number of benzene rings is 1. The highest BCUT2D eigenvalue weighted by Crippen LogP contribution is 2.24. The van der Waals surface area contributed by atoms with E-state index >= 15 is 0 Å². The normalized spacial score (nSPS) is 10.7. The SMILES string of the molecule is NNc1nc(-c2cc3ccccc3oc2=O)cs1. The second kappa shape index (κ2) is 4.25. The number of nitrogens with one attached hydrogen (secondary N) is 1. The summed E-state index contributed by atoms with van der Waals surface area (Å²) in [7, 11) is 0. The molecule has 0 bridgehead atoms. The fourth-order valence-corrected chi connectivity index (χ4v) is 2.33. The molecule has 6 heteroatoms. The number of hydrogen-bond acceptors (Lipinski definition) is 6. The maximum atomic E-state index is 11.9. The number of nitrogen functional groups attached to an aromatic ring is 1. The first-order valence-electron chi connectivity index (χ1n) is 5.23. The Bertz CT molecular complexity index is 763. The molecule has 0 atom stereocenters. The molecule has 0 unspecified atom stereocenters. The molecule has 1 aromatic carbocycles. The van der Waals surface area contributed by atoms with Gasteiger partial charge in [-0.05, 0) is 12.1 Å². The van der Waals surface area contributed by atoms with Gasteiger partial charge in [0.05, 0.1) is 11.3 Å². The van der Waals surface area contributed by atoms with Crippen molar-refractivity contribution in [1.82, 2.24) is 4.98 Å². The van der Waals surface area contributed by atoms with Gasteiger partial charge in [0.15, 0.2) is 5.13 Å². The average molecular weight is 259 g/mol. The summed E-state index contributed by atoms with van der Waals surface area (Å²) in [6.45, 7) is 0. The molecule has 0 aliphatic carbocycles. The van der Waals surface area contributed by atoms with Crippen LogP contribution in [0.1, 0.15) is 0 Å². The standard InChI is InChI=1S/C12H9N3O2S/c13-15-12-14-9(6-18-12)8-5-7-3-1-2-4-10(7)17-11(8)16/h1-6H,13H2,(H,14,15). The maximum absolute atomic E-state index is 11.9. The summed E-state index contributed by atoms with van der Waals surface area (Å²) in [5.41, 5.74) is 3.62. The molecule has 0 aliphatic heterocycles. The molecule has 0 saturated heterocycles. The van der Waals surface area contributed by atoms with Crippen molar-refractivity contribution in [3.8, 4) is 11.3 Å². The van der Waals surface area contributed by atoms with Crippen LogP contribution in [0.5, 0.6) is 0 Å². The van der Waals surface area contributed by atoms with E-state index in [1.807, 2.05) is 18.2 Å². The quantitative estimate of drug-likeness (QED) is 0.419. The van der Waals surface area contributed by atoms with E-state index in [1.165, 1.54) is 11.3 Å². The minimum atomic E-state index is -0.400. The van der Waals surface area contributed by atoms with Gasteiger partial charge in [-0.15, -0.1) is 11.3 Å². The number of fused-ring (bicyclic) bond motifs is 1. The van der Waals surface area contributed by atoms with Crippen LogP contribution in [0, 0.1) is 0 Å². The molecule has 3 N–H and O–H groups in total. The van der Waals surface area contributed by atoms with Gasteiger partial charge in [0, 0.05) is 10.8 Å². The minimum Gasteiger partial charge on any atom is -0.422 e. The molecule has 0 aliphatic rings. The van der Waals surface area contributed by atoms with Crippen LogP contribution in [0.15, 0.2) is 44.9 Å². The molecule has 0 saturated carbocycles. The number of hydrazine groups is 1. The summed E-state index contributed by atoms with van der Waals surface area (Å²) in [6, 6.07) is 9.13. The van der Waals surface area contributed by atoms with E-state index in [-0.39, 0.29) is 0 Å². The second-order valence-electron chi connectivity index (χ2n) is 3.67. The van der Waals surface area contributed by atoms with Crippen molar-refractivity contribution in [1.29, 1.82) is 0 Å². The Labute approximate surface area is 106 Å². The highest BCUT2D eigenvalue weighted by Gasteiger charge is 2.10. The third-order valence-electron chi connectivity index (χ3n) is 2.55. The van der Waals surface area contributed by atoms with Gasteiger partial charge in [-0.25, -0.2) is 15.6 Å². The van der Waals surface area contributed by atoms with Crippen molar-refractivity contribution in [2.24, 2.45) is 5.84 Å². The van der Waals surface area contributed by atoms with E-state index in [0.29, 0.717) is 22.0 Å². The molecule has 2 heterocycles. The molecule has 90 valence electrons. The van der Waals surface area contributed by atoms with E-state index in [0.717, 1.165) is 5.39 Å². The Morgan fingerprint density at radius 2 is 2.17 bits per heavy atom. The van der Waals surface area contributed by atoms with E-state index in [4.69, 9.17) is 10.3 Å². The lowest BCUT2D eigenvalue weighted by molar-refractivity contribution is 0.563. The number of aromatic nitrogens is 1. The van der Waals surface area contributed by atoms with Crippen molar-refractivity contribution in [2.45, 2.75) is 0 Å². The first kappa shape index (κ1) is 10.9. The monoisotopic (exact) mass is 259 g/mol. The molecule has 0 radical (unpaired) electrons. The zero-order valence-corrected chi connectivity index (χ0v) is 10.0. The van der Waals surface area contributed by atoms with E-state index in [9.17, 15) is 4.79 Å². The molecule has 0 spiro atoms. The van der Waals surface area contributed by atoms with Gasteiger partial charge < -0.3 is 4.42 Å². The van der Waals surface area contributed by atoms with Crippen LogP contribution in [0.25, 0.3) is 22.2 Å². The van der Waals surface area contributed by atoms with Crippen LogP contribution in [0.3, 0.4) is 0 Å². The summed E-state index contributed by atoms with van der Waals surface area (Å²) in [5.74, 6) is 5.27. The van der Waals surface area contributed by atoms with E-state index in [1.54, 1.807) is 17.5 Å². The number of nitrogens with two attached hydrogens (primary N) is 1. The third-order valence-corrected chi connectivity index (χ3v) is 3.32. The Kier molecular flexibility index (Phi) is 2.58. The van der Waals surface area contributed by atoms with Crippen molar-refractivity contribution in [2.75, 3.05) is 5.43 Å². The number of anilines is 1. The fraction of sp³-hybridized carbons (Fsp3) is 0. The Morgan fingerprint density at radius 1 is 1.33 bits per heavy atom. The van der Waals surface area contributed by atoms with Crippen LogP contribution in [0.2, 0.25) is 0 Å². The van der Waals surface area contributed by atoms with Crippen molar-refractivity contribution in [3.05, 3.63) is 46.1 Å². The summed E-state index contributed by atoms with van der Waals surface area (Å²) in [5, 5.41) is 3.18. The van der Waals surface area contributed by atoms with Gasteiger partial charge in [-0.2, -0.15) is 0 Å². The van der Waals surface area contributed by atoms with E-state index < -0.39 is 5.63 Å². The number of nitrogens with zero attached hydrogens (tertiary/aromatic N) is 1. The van der Waals surface area contributed by atoms with Crippen molar-refractivity contribution >= 4 is 27.4 Å². The highest BCUT2D eigenvalue weighted by atomic mass is 32.1. The van der Waals surface area contributed by atoms with Gasteiger partial charge in [-0.3, -0.25) is 5.43 Å². The smallest absolute Gasteiger partial charge is 0.345 e. The Hall–Kier alpha value is -2.18. The molecule has 3 rings (SSSR count). The van der Waals surface area contributed by atoms with Crippen LogP contribution < -0.4 is 16.9 Å². The molecular weight excluding hydrogens is 250 g/mol. The minimum absolute atomic E-state index is 0.400. The van der Waals surface area contributed by atoms with Gasteiger partial charge in [0.1, 0.15) is 5.58 Å². The molecule has 18 heavy (non-hydrogen) atoms. The maximum Gasteiger partial charge on any atom is 0.345 e. The molecule has 2 aromatic heterocycles. The van der Waals surface area contributed by atoms with Gasteiger partial charge >= 0.3 is 5.63 Å². The first-order valence-corrected chi connectivity index (χ1v) is 6.11. The van der Waals surface area contributed by atoms with Gasteiger partial charge in [0.2, 0.25) is 0 Å². The van der Waals surface area contributed by atoms with Crippen molar-refractivity contribution in [3.63, 3.8) is 0 Å². The summed E-state index contributed by atoms with van der Waals surface area (Å²) < 4.78 is 5.25. The number of thiazole rings is 1. The summed E-state index contributed by atoms with van der Waals surface area (Å²) in [6.07, 6.45) is 0. The second-order valence-corrected chi connectivity index (χ2v) is 4.53. The molecular formula is C12H9N3O2S. The van der Waals surface area contributed by atoms with Crippen LogP contribution in [-0.2, 0) is 0 Å². The first-order chi connectivity index (χ1) is 8.78. The van der Waals surface area contributed by atoms with Gasteiger partial charge in [-0.1, -0.05) is 18.2 Å². The largest absolute Gasteiger partial charge is 0.422 e. The topological polar surface area (TPSA) is 81.2 Å². The molecule has 0 fully saturated rings. The van der Waals surface area contributed by atoms with E-state index in [2.05, 4.69) is 10.4 Å². The average Bonchev–Trinajstić information content (AvgIpc) is 2.86. The number of para-hydroxylation sites is 1. The number of rotatable bonds is 2. The summed E-state index contributed by atoms with van der Waals surface area (Å²) >= 11 is 1.33. The molecule has 3 aromatic rings. The molecule has 5 nitrogen and oxygen atoms in total. The van der Waals surface area contributed by atoms with Crippen LogP contribution in [-0.4, -0.2) is 4.98 Å². The highest BCUT2D eigenvalue weighted by molar-refractivity contribution is 7.14. The predicted molar refractivity (Wildman–Crippen MR) is 71.4 cm³/mol.